The standard InChI is InChI=1S/C30H31N3O2/c34-25(21-35-30-13-5-10-27-26(30)9-6-16-31-27)20-32-17-14-24(15-18-32)33-28-11-3-1-7-22(28)19-23-8-2-4-12-29(23)33/h1-13,16,24-25,34H,14-15,17-21H2. The second-order valence-corrected chi connectivity index (χ2v) is 9.63. The average molecular weight is 466 g/mol. The van der Waals surface area contributed by atoms with Crippen LogP contribution in [0.3, 0.4) is 0 Å². The molecular formula is C30H31N3O2. The maximum Gasteiger partial charge on any atom is 0.128 e. The molecule has 6 rings (SSSR count). The molecule has 178 valence electrons. The number of piperidine rings is 1. The molecule has 5 nitrogen and oxygen atoms in total. The molecule has 2 aliphatic rings. The molecule has 35 heavy (non-hydrogen) atoms. The van der Waals surface area contributed by atoms with Crippen molar-refractivity contribution in [3.05, 3.63) is 96.2 Å². The molecule has 5 heteroatoms. The Morgan fingerprint density at radius 1 is 0.857 bits per heavy atom. The molecule has 1 N–H and O–H groups in total. The number of β-amino-alcohol motifs (C(OH)–C–C–N with tert-alkyl or cyclic N) is 1. The van der Waals surface area contributed by atoms with Crippen molar-refractivity contribution in [2.75, 3.05) is 31.1 Å². The van der Waals surface area contributed by atoms with Gasteiger partial charge in [0.25, 0.3) is 0 Å². The van der Waals surface area contributed by atoms with Crippen LogP contribution in [0.4, 0.5) is 11.4 Å². The number of ether oxygens (including phenoxy) is 1. The van der Waals surface area contributed by atoms with E-state index in [9.17, 15) is 5.11 Å². The molecule has 0 spiro atoms. The summed E-state index contributed by atoms with van der Waals surface area (Å²) in [7, 11) is 0. The van der Waals surface area contributed by atoms with Gasteiger partial charge in [0.05, 0.1) is 5.52 Å². The maximum atomic E-state index is 10.7. The van der Waals surface area contributed by atoms with Gasteiger partial charge in [-0.2, -0.15) is 0 Å². The van der Waals surface area contributed by atoms with E-state index in [4.69, 9.17) is 4.74 Å². The minimum Gasteiger partial charge on any atom is -0.490 e. The number of hydrogen-bond acceptors (Lipinski definition) is 5. The molecule has 4 aromatic rings. The van der Waals surface area contributed by atoms with Crippen LogP contribution in [0, 0.1) is 0 Å². The number of likely N-dealkylation sites (tertiary alicyclic amines) is 1. The largest absolute Gasteiger partial charge is 0.490 e. The first-order valence-corrected chi connectivity index (χ1v) is 12.6. The van der Waals surface area contributed by atoms with Gasteiger partial charge in [0, 0.05) is 55.1 Å². The Balaban J connectivity index is 1.08. The van der Waals surface area contributed by atoms with E-state index in [-0.39, 0.29) is 6.61 Å². The van der Waals surface area contributed by atoms with Crippen molar-refractivity contribution < 1.29 is 9.84 Å². The molecule has 1 unspecified atom stereocenters. The summed E-state index contributed by atoms with van der Waals surface area (Å²) in [4.78, 5) is 9.32. The smallest absolute Gasteiger partial charge is 0.128 e. The lowest BCUT2D eigenvalue weighted by Gasteiger charge is -2.43. The van der Waals surface area contributed by atoms with E-state index in [0.717, 1.165) is 49.0 Å². The third-order valence-electron chi connectivity index (χ3n) is 7.31. The predicted octanol–water partition coefficient (Wildman–Crippen LogP) is 5.18. The molecular weight excluding hydrogens is 434 g/mol. The van der Waals surface area contributed by atoms with Gasteiger partial charge in [0.2, 0.25) is 0 Å². The summed E-state index contributed by atoms with van der Waals surface area (Å²) in [6.07, 6.45) is 4.40. The van der Waals surface area contributed by atoms with E-state index < -0.39 is 6.10 Å². The molecule has 0 saturated carbocycles. The molecule has 1 saturated heterocycles. The van der Waals surface area contributed by atoms with E-state index in [1.54, 1.807) is 6.20 Å². The first-order valence-electron chi connectivity index (χ1n) is 12.6. The Bertz CT molecular complexity index is 1270. The van der Waals surface area contributed by atoms with Crippen LogP contribution in [0.2, 0.25) is 0 Å². The SMILES string of the molecule is OC(COc1cccc2ncccc12)CN1CCC(N2c3ccccc3Cc3ccccc32)CC1. The van der Waals surface area contributed by atoms with Gasteiger partial charge in [-0.1, -0.05) is 42.5 Å². The summed E-state index contributed by atoms with van der Waals surface area (Å²) in [6, 6.07) is 27.9. The summed E-state index contributed by atoms with van der Waals surface area (Å²) in [5, 5.41) is 11.7. The number of benzene rings is 3. The molecule has 0 bridgehead atoms. The number of nitrogens with zero attached hydrogens (tertiary/aromatic N) is 3. The second kappa shape index (κ2) is 9.68. The van der Waals surface area contributed by atoms with Gasteiger partial charge in [-0.15, -0.1) is 0 Å². The van der Waals surface area contributed by atoms with Crippen LogP contribution in [0.5, 0.6) is 5.75 Å². The summed E-state index contributed by atoms with van der Waals surface area (Å²) >= 11 is 0. The summed E-state index contributed by atoms with van der Waals surface area (Å²) in [6.45, 7) is 2.85. The van der Waals surface area contributed by atoms with Gasteiger partial charge in [0.1, 0.15) is 18.5 Å². The van der Waals surface area contributed by atoms with Crippen LogP contribution in [-0.2, 0) is 6.42 Å². The van der Waals surface area contributed by atoms with Gasteiger partial charge in [-0.05, 0) is 60.4 Å². The zero-order valence-electron chi connectivity index (χ0n) is 19.9. The van der Waals surface area contributed by atoms with Crippen molar-refractivity contribution in [3.63, 3.8) is 0 Å². The number of aliphatic hydroxyl groups excluding tert-OH is 1. The lowest BCUT2D eigenvalue weighted by molar-refractivity contribution is 0.0602. The number of anilines is 2. The van der Waals surface area contributed by atoms with Crippen LogP contribution in [0.1, 0.15) is 24.0 Å². The summed E-state index contributed by atoms with van der Waals surface area (Å²) in [5.41, 5.74) is 6.42. The number of hydrogen-bond donors (Lipinski definition) is 1. The van der Waals surface area contributed by atoms with Crippen molar-refractivity contribution in [1.29, 1.82) is 0 Å². The molecule has 3 aromatic carbocycles. The maximum absolute atomic E-state index is 10.7. The number of fused-ring (bicyclic) bond motifs is 3. The Morgan fingerprint density at radius 2 is 1.57 bits per heavy atom. The van der Waals surface area contributed by atoms with Gasteiger partial charge in [0.15, 0.2) is 0 Å². The van der Waals surface area contributed by atoms with Crippen LogP contribution in [0.25, 0.3) is 10.9 Å². The zero-order valence-corrected chi connectivity index (χ0v) is 19.9. The molecule has 1 atom stereocenters. The monoisotopic (exact) mass is 465 g/mol. The third-order valence-corrected chi connectivity index (χ3v) is 7.31. The van der Waals surface area contributed by atoms with Gasteiger partial charge >= 0.3 is 0 Å². The molecule has 0 radical (unpaired) electrons. The van der Waals surface area contributed by atoms with Crippen molar-refractivity contribution in [3.8, 4) is 5.75 Å². The number of aliphatic hydroxyl groups is 1. The molecule has 0 amide bonds. The zero-order chi connectivity index (χ0) is 23.6. The lowest BCUT2D eigenvalue weighted by atomic mass is 9.92. The fraction of sp³-hybridized carbons (Fsp3) is 0.300. The van der Waals surface area contributed by atoms with E-state index >= 15 is 0 Å². The molecule has 0 aliphatic carbocycles. The van der Waals surface area contributed by atoms with E-state index in [0.29, 0.717) is 12.6 Å². The third kappa shape index (κ3) is 4.49. The fourth-order valence-electron chi connectivity index (χ4n) is 5.62. The lowest BCUT2D eigenvalue weighted by Crippen LogP contribution is -2.47. The highest BCUT2D eigenvalue weighted by Gasteiger charge is 2.31. The van der Waals surface area contributed by atoms with Crippen LogP contribution < -0.4 is 9.64 Å². The van der Waals surface area contributed by atoms with E-state index in [2.05, 4.69) is 63.3 Å². The molecule has 3 heterocycles. The summed E-state index contributed by atoms with van der Waals surface area (Å²) in [5.74, 6) is 0.774. The highest BCUT2D eigenvalue weighted by Crippen LogP contribution is 2.41. The van der Waals surface area contributed by atoms with E-state index in [1.807, 2.05) is 30.3 Å². The van der Waals surface area contributed by atoms with Crippen LogP contribution >= 0.6 is 0 Å². The first kappa shape index (κ1) is 22.1. The first-order chi connectivity index (χ1) is 17.3. The Labute approximate surface area is 206 Å². The average Bonchev–Trinajstić information content (AvgIpc) is 2.91. The normalized spacial score (nSPS) is 17.1. The van der Waals surface area contributed by atoms with Crippen molar-refractivity contribution >= 4 is 22.3 Å². The van der Waals surface area contributed by atoms with Crippen molar-refractivity contribution in [2.24, 2.45) is 0 Å². The van der Waals surface area contributed by atoms with Crippen molar-refractivity contribution in [1.82, 2.24) is 9.88 Å². The van der Waals surface area contributed by atoms with Crippen LogP contribution in [-0.4, -0.2) is 53.4 Å². The Morgan fingerprint density at radius 3 is 2.31 bits per heavy atom. The highest BCUT2D eigenvalue weighted by atomic mass is 16.5. The fourth-order valence-corrected chi connectivity index (χ4v) is 5.62. The van der Waals surface area contributed by atoms with Crippen molar-refractivity contribution in [2.45, 2.75) is 31.4 Å². The van der Waals surface area contributed by atoms with Gasteiger partial charge in [-0.25, -0.2) is 0 Å². The Kier molecular flexibility index (Phi) is 6.11. The minimum absolute atomic E-state index is 0.279. The number of aromatic nitrogens is 1. The summed E-state index contributed by atoms with van der Waals surface area (Å²) < 4.78 is 5.99. The molecule has 2 aliphatic heterocycles. The number of pyridine rings is 1. The quantitative estimate of drug-likeness (QED) is 0.425. The number of rotatable bonds is 6. The topological polar surface area (TPSA) is 48.8 Å². The van der Waals surface area contributed by atoms with Crippen LogP contribution in [0.15, 0.2) is 85.1 Å². The van der Waals surface area contributed by atoms with Gasteiger partial charge < -0.3 is 19.6 Å². The van der Waals surface area contributed by atoms with E-state index in [1.165, 1.54) is 22.5 Å². The highest BCUT2D eigenvalue weighted by molar-refractivity contribution is 5.84. The minimum atomic E-state index is -0.532. The Hall–Kier alpha value is -3.41. The molecule has 1 aromatic heterocycles. The second-order valence-electron chi connectivity index (χ2n) is 9.63. The molecule has 1 fully saturated rings. The number of para-hydroxylation sites is 2. The van der Waals surface area contributed by atoms with Gasteiger partial charge in [-0.3, -0.25) is 4.98 Å². The predicted molar refractivity (Wildman–Crippen MR) is 141 cm³/mol.